The maximum Gasteiger partial charge on any atom is 0.273 e. The summed E-state index contributed by atoms with van der Waals surface area (Å²) < 4.78 is 5.23. The van der Waals surface area contributed by atoms with Gasteiger partial charge in [-0.2, -0.15) is 0 Å². The molecule has 7 heteroatoms. The van der Waals surface area contributed by atoms with Gasteiger partial charge in [0.2, 0.25) is 0 Å². The van der Waals surface area contributed by atoms with Crippen LogP contribution in [-0.4, -0.2) is 49.1 Å². The number of hydrogen-bond donors (Lipinski definition) is 0. The van der Waals surface area contributed by atoms with Gasteiger partial charge in [-0.1, -0.05) is 23.7 Å². The number of aromatic nitrogens is 1. The molecule has 1 aliphatic rings. The van der Waals surface area contributed by atoms with Gasteiger partial charge in [-0.3, -0.25) is 4.79 Å². The van der Waals surface area contributed by atoms with Crippen LogP contribution in [0.25, 0.3) is 10.6 Å². The molecule has 2 heterocycles. The van der Waals surface area contributed by atoms with Crippen LogP contribution >= 0.6 is 22.9 Å². The Kier molecular flexibility index (Phi) is 6.02. The minimum Gasteiger partial charge on any atom is -0.497 e. The molecule has 0 N–H and O–H groups in total. The average molecular weight is 428 g/mol. The van der Waals surface area contributed by atoms with Crippen LogP contribution in [-0.2, 0) is 0 Å². The average Bonchev–Trinajstić information content (AvgIpc) is 3.12. The maximum absolute atomic E-state index is 13.0. The molecule has 150 valence electrons. The molecule has 0 aliphatic carbocycles. The van der Waals surface area contributed by atoms with Crippen LogP contribution in [0.1, 0.15) is 16.9 Å². The second-order valence-electron chi connectivity index (χ2n) is 6.88. The Hall–Kier alpha value is -2.57. The van der Waals surface area contributed by atoms with Gasteiger partial charge in [0.1, 0.15) is 16.5 Å². The summed E-state index contributed by atoms with van der Waals surface area (Å²) in [6.45, 7) is 3.12. The summed E-state index contributed by atoms with van der Waals surface area (Å²) in [4.78, 5) is 21.8. The fourth-order valence-corrected chi connectivity index (χ4v) is 4.44. The van der Waals surface area contributed by atoms with Crippen molar-refractivity contribution >= 4 is 34.5 Å². The number of ether oxygens (including phenoxy) is 1. The van der Waals surface area contributed by atoms with Crippen molar-refractivity contribution in [2.75, 3.05) is 38.2 Å². The predicted octanol–water partition coefficient (Wildman–Crippen LogP) is 4.82. The van der Waals surface area contributed by atoms with Crippen LogP contribution in [0.4, 0.5) is 5.69 Å². The van der Waals surface area contributed by atoms with E-state index in [4.69, 9.17) is 16.3 Å². The van der Waals surface area contributed by atoms with Gasteiger partial charge in [0.05, 0.1) is 7.11 Å². The zero-order chi connectivity index (χ0) is 20.2. The summed E-state index contributed by atoms with van der Waals surface area (Å²) in [6, 6.07) is 15.6. The Labute approximate surface area is 179 Å². The lowest BCUT2D eigenvalue weighted by Crippen LogP contribution is -2.35. The Bertz CT molecular complexity index is 990. The first-order chi connectivity index (χ1) is 14.1. The zero-order valence-electron chi connectivity index (χ0n) is 16.2. The van der Waals surface area contributed by atoms with Crippen molar-refractivity contribution in [1.29, 1.82) is 0 Å². The summed E-state index contributed by atoms with van der Waals surface area (Å²) in [5.74, 6) is 0.838. The van der Waals surface area contributed by atoms with E-state index in [1.165, 1.54) is 11.3 Å². The van der Waals surface area contributed by atoms with E-state index in [1.54, 1.807) is 7.11 Å². The lowest BCUT2D eigenvalue weighted by atomic mass is 10.2. The molecule has 1 amide bonds. The number of hydrogen-bond acceptors (Lipinski definition) is 5. The highest BCUT2D eigenvalue weighted by Gasteiger charge is 2.22. The maximum atomic E-state index is 13.0. The summed E-state index contributed by atoms with van der Waals surface area (Å²) in [5.41, 5.74) is 2.59. The molecule has 1 fully saturated rings. The van der Waals surface area contributed by atoms with Crippen LogP contribution in [0.15, 0.2) is 53.9 Å². The smallest absolute Gasteiger partial charge is 0.273 e. The molecule has 29 heavy (non-hydrogen) atoms. The predicted molar refractivity (Wildman–Crippen MR) is 118 cm³/mol. The molecule has 4 rings (SSSR count). The Morgan fingerprint density at radius 1 is 1.10 bits per heavy atom. The number of carbonyl (C=O) groups is 1. The molecule has 0 radical (unpaired) electrons. The van der Waals surface area contributed by atoms with Crippen molar-refractivity contribution in [2.45, 2.75) is 6.42 Å². The number of halogens is 1. The van der Waals surface area contributed by atoms with Crippen molar-refractivity contribution < 1.29 is 9.53 Å². The highest BCUT2D eigenvalue weighted by Crippen LogP contribution is 2.27. The van der Waals surface area contributed by atoms with Crippen LogP contribution in [0.2, 0.25) is 5.02 Å². The van der Waals surface area contributed by atoms with Crippen molar-refractivity contribution in [3.63, 3.8) is 0 Å². The molecule has 5 nitrogen and oxygen atoms in total. The van der Waals surface area contributed by atoms with Crippen LogP contribution < -0.4 is 9.64 Å². The molecule has 0 atom stereocenters. The third-order valence-corrected chi connectivity index (χ3v) is 6.14. The standard InChI is InChI=1S/C22H22ClN3O2S/c1-28-19-8-6-18(7-9-19)25-10-3-11-26(13-12-25)22(27)20-15-29-21(24-20)16-4-2-5-17(23)14-16/h2,4-9,14-15H,3,10-13H2,1H3. The van der Waals surface area contributed by atoms with Gasteiger partial charge in [-0.25, -0.2) is 4.98 Å². The normalized spacial score (nSPS) is 14.6. The molecule has 0 saturated carbocycles. The molecular formula is C22H22ClN3O2S. The van der Waals surface area contributed by atoms with E-state index >= 15 is 0 Å². The van der Waals surface area contributed by atoms with Gasteiger partial charge in [-0.15, -0.1) is 11.3 Å². The Morgan fingerprint density at radius 3 is 2.69 bits per heavy atom. The number of anilines is 1. The molecule has 0 unspecified atom stereocenters. The lowest BCUT2D eigenvalue weighted by Gasteiger charge is -2.23. The quantitative estimate of drug-likeness (QED) is 0.598. The Balaban J connectivity index is 1.43. The number of amides is 1. The number of thiazole rings is 1. The number of rotatable bonds is 4. The SMILES string of the molecule is COc1ccc(N2CCCN(C(=O)c3csc(-c4cccc(Cl)c4)n3)CC2)cc1. The third-order valence-electron chi connectivity index (χ3n) is 5.02. The minimum absolute atomic E-state index is 0.00823. The van der Waals surface area contributed by atoms with E-state index in [-0.39, 0.29) is 5.91 Å². The second kappa shape index (κ2) is 8.84. The molecule has 1 aliphatic heterocycles. The number of carbonyl (C=O) groups excluding carboxylic acids is 1. The molecule has 2 aromatic carbocycles. The van der Waals surface area contributed by atoms with Gasteiger partial charge >= 0.3 is 0 Å². The summed E-state index contributed by atoms with van der Waals surface area (Å²) in [7, 11) is 1.67. The summed E-state index contributed by atoms with van der Waals surface area (Å²) in [5, 5.41) is 3.31. The minimum atomic E-state index is -0.00823. The molecular weight excluding hydrogens is 406 g/mol. The van der Waals surface area contributed by atoms with E-state index in [0.29, 0.717) is 17.3 Å². The largest absolute Gasteiger partial charge is 0.497 e. The first-order valence-electron chi connectivity index (χ1n) is 9.54. The molecule has 1 saturated heterocycles. The van der Waals surface area contributed by atoms with Gasteiger partial charge < -0.3 is 14.5 Å². The van der Waals surface area contributed by atoms with Crippen molar-refractivity contribution in [3.8, 4) is 16.3 Å². The van der Waals surface area contributed by atoms with E-state index in [9.17, 15) is 4.79 Å². The molecule has 3 aromatic rings. The number of nitrogens with zero attached hydrogens (tertiary/aromatic N) is 3. The third kappa shape index (κ3) is 4.54. The Morgan fingerprint density at radius 2 is 1.93 bits per heavy atom. The van der Waals surface area contributed by atoms with Crippen molar-refractivity contribution in [2.24, 2.45) is 0 Å². The van der Waals surface area contributed by atoms with E-state index in [1.807, 2.05) is 46.7 Å². The molecule has 0 spiro atoms. The van der Waals surface area contributed by atoms with E-state index < -0.39 is 0 Å². The van der Waals surface area contributed by atoms with Crippen LogP contribution in [0.3, 0.4) is 0 Å². The monoisotopic (exact) mass is 427 g/mol. The first-order valence-corrected chi connectivity index (χ1v) is 10.8. The van der Waals surface area contributed by atoms with Gasteiger partial charge in [0.15, 0.2) is 0 Å². The van der Waals surface area contributed by atoms with Gasteiger partial charge in [0, 0.05) is 47.8 Å². The summed E-state index contributed by atoms with van der Waals surface area (Å²) >= 11 is 7.55. The van der Waals surface area contributed by atoms with Gasteiger partial charge in [-0.05, 0) is 42.8 Å². The fourth-order valence-electron chi connectivity index (χ4n) is 3.46. The van der Waals surface area contributed by atoms with E-state index in [2.05, 4.69) is 22.0 Å². The topological polar surface area (TPSA) is 45.7 Å². The molecule has 1 aromatic heterocycles. The van der Waals surface area contributed by atoms with Gasteiger partial charge in [0.25, 0.3) is 5.91 Å². The van der Waals surface area contributed by atoms with Crippen LogP contribution in [0, 0.1) is 0 Å². The fraction of sp³-hybridized carbons (Fsp3) is 0.273. The molecule has 0 bridgehead atoms. The van der Waals surface area contributed by atoms with E-state index in [0.717, 1.165) is 48.1 Å². The second-order valence-corrected chi connectivity index (χ2v) is 8.17. The summed E-state index contributed by atoms with van der Waals surface area (Å²) in [6.07, 6.45) is 0.920. The number of benzene rings is 2. The number of methoxy groups -OCH3 is 1. The van der Waals surface area contributed by atoms with Crippen molar-refractivity contribution in [3.05, 3.63) is 64.6 Å². The highest BCUT2D eigenvalue weighted by atomic mass is 35.5. The lowest BCUT2D eigenvalue weighted by molar-refractivity contribution is 0.0762. The first kappa shape index (κ1) is 19.7. The van der Waals surface area contributed by atoms with Crippen LogP contribution in [0.5, 0.6) is 5.75 Å². The van der Waals surface area contributed by atoms with Crippen molar-refractivity contribution in [1.82, 2.24) is 9.88 Å². The highest BCUT2D eigenvalue weighted by molar-refractivity contribution is 7.13. The zero-order valence-corrected chi connectivity index (χ0v) is 17.7.